The zero-order valence-electron chi connectivity index (χ0n) is 9.25. The SMILES string of the molecule is Nc1n[nH]c(-c2ccc(-c3nc(N)n[nH]3)cc2)n1. The molecule has 3 aromatic rings. The number of hydrogen-bond donors (Lipinski definition) is 4. The van der Waals surface area contributed by atoms with E-state index in [9.17, 15) is 0 Å². The number of nitrogens with one attached hydrogen (secondary N) is 2. The zero-order valence-corrected chi connectivity index (χ0v) is 9.25. The summed E-state index contributed by atoms with van der Waals surface area (Å²) in [6, 6.07) is 7.53. The Labute approximate surface area is 101 Å². The summed E-state index contributed by atoms with van der Waals surface area (Å²) >= 11 is 0. The van der Waals surface area contributed by atoms with Gasteiger partial charge in [-0.15, -0.1) is 10.2 Å². The summed E-state index contributed by atoms with van der Waals surface area (Å²) in [4.78, 5) is 8.09. The molecule has 8 heteroatoms. The molecule has 0 unspecified atom stereocenters. The lowest BCUT2D eigenvalue weighted by molar-refractivity contribution is 1.10. The van der Waals surface area contributed by atoms with Gasteiger partial charge >= 0.3 is 0 Å². The topological polar surface area (TPSA) is 135 Å². The molecule has 18 heavy (non-hydrogen) atoms. The number of nitrogens with two attached hydrogens (primary N) is 2. The lowest BCUT2D eigenvalue weighted by Gasteiger charge is -1.98. The second-order valence-corrected chi connectivity index (χ2v) is 3.66. The van der Waals surface area contributed by atoms with Crippen molar-refractivity contribution in [1.29, 1.82) is 0 Å². The minimum Gasteiger partial charge on any atom is -0.366 e. The van der Waals surface area contributed by atoms with Crippen LogP contribution in [-0.4, -0.2) is 30.4 Å². The van der Waals surface area contributed by atoms with Gasteiger partial charge in [0.15, 0.2) is 11.6 Å². The van der Waals surface area contributed by atoms with E-state index in [1.165, 1.54) is 0 Å². The van der Waals surface area contributed by atoms with Crippen molar-refractivity contribution in [2.75, 3.05) is 11.5 Å². The summed E-state index contributed by atoms with van der Waals surface area (Å²) in [5.74, 6) is 1.68. The summed E-state index contributed by atoms with van der Waals surface area (Å²) in [7, 11) is 0. The summed E-state index contributed by atoms with van der Waals surface area (Å²) < 4.78 is 0. The zero-order chi connectivity index (χ0) is 12.5. The van der Waals surface area contributed by atoms with Gasteiger partial charge in [0, 0.05) is 11.1 Å². The maximum atomic E-state index is 5.45. The van der Waals surface area contributed by atoms with E-state index in [0.29, 0.717) is 11.6 Å². The van der Waals surface area contributed by atoms with E-state index in [-0.39, 0.29) is 11.9 Å². The second kappa shape index (κ2) is 3.84. The molecule has 8 nitrogen and oxygen atoms in total. The maximum Gasteiger partial charge on any atom is 0.239 e. The van der Waals surface area contributed by atoms with Crippen LogP contribution in [0.3, 0.4) is 0 Å². The first-order valence-corrected chi connectivity index (χ1v) is 5.19. The molecule has 0 fully saturated rings. The number of H-pyrrole nitrogens is 2. The van der Waals surface area contributed by atoms with Gasteiger partial charge in [-0.25, -0.2) is 0 Å². The second-order valence-electron chi connectivity index (χ2n) is 3.66. The molecule has 0 aliphatic rings. The molecule has 6 N–H and O–H groups in total. The van der Waals surface area contributed by atoms with Crippen molar-refractivity contribution in [3.05, 3.63) is 24.3 Å². The van der Waals surface area contributed by atoms with Crippen molar-refractivity contribution in [3.63, 3.8) is 0 Å². The Morgan fingerprint density at radius 1 is 0.722 bits per heavy atom. The molecule has 2 aromatic heterocycles. The van der Waals surface area contributed by atoms with Crippen LogP contribution in [0.2, 0.25) is 0 Å². The molecule has 0 saturated heterocycles. The van der Waals surface area contributed by atoms with Crippen LogP contribution in [0, 0.1) is 0 Å². The molecule has 0 aliphatic heterocycles. The molecule has 0 bridgehead atoms. The van der Waals surface area contributed by atoms with Crippen molar-refractivity contribution in [1.82, 2.24) is 30.4 Å². The quantitative estimate of drug-likeness (QED) is 0.514. The normalized spacial score (nSPS) is 10.7. The van der Waals surface area contributed by atoms with Gasteiger partial charge in [0.25, 0.3) is 0 Å². The smallest absolute Gasteiger partial charge is 0.239 e. The van der Waals surface area contributed by atoms with Gasteiger partial charge in [-0.3, -0.25) is 10.2 Å². The Morgan fingerprint density at radius 2 is 1.11 bits per heavy atom. The Balaban J connectivity index is 1.94. The molecule has 0 saturated carbocycles. The van der Waals surface area contributed by atoms with Gasteiger partial charge in [-0.2, -0.15) is 9.97 Å². The summed E-state index contributed by atoms with van der Waals surface area (Å²) in [6.07, 6.45) is 0. The predicted molar refractivity (Wildman–Crippen MR) is 66.0 cm³/mol. The van der Waals surface area contributed by atoms with Crippen LogP contribution in [-0.2, 0) is 0 Å². The monoisotopic (exact) mass is 242 g/mol. The van der Waals surface area contributed by atoms with E-state index in [2.05, 4.69) is 30.4 Å². The molecular formula is C10H10N8. The Bertz CT molecular complexity index is 606. The first-order chi connectivity index (χ1) is 8.72. The van der Waals surface area contributed by atoms with Gasteiger partial charge in [-0.1, -0.05) is 24.3 Å². The Hall–Kier alpha value is -2.90. The van der Waals surface area contributed by atoms with E-state index in [4.69, 9.17) is 11.5 Å². The predicted octanol–water partition coefficient (Wildman–Crippen LogP) is 0.421. The molecule has 0 aliphatic carbocycles. The van der Waals surface area contributed by atoms with Gasteiger partial charge in [0.05, 0.1) is 0 Å². The lowest BCUT2D eigenvalue weighted by atomic mass is 10.1. The van der Waals surface area contributed by atoms with E-state index in [1.54, 1.807) is 0 Å². The number of rotatable bonds is 2. The molecule has 0 radical (unpaired) electrons. The van der Waals surface area contributed by atoms with E-state index >= 15 is 0 Å². The van der Waals surface area contributed by atoms with E-state index < -0.39 is 0 Å². The van der Waals surface area contributed by atoms with Gasteiger partial charge < -0.3 is 11.5 Å². The molecule has 0 spiro atoms. The van der Waals surface area contributed by atoms with Crippen LogP contribution >= 0.6 is 0 Å². The van der Waals surface area contributed by atoms with Gasteiger partial charge in [0.1, 0.15) is 0 Å². The minimum atomic E-state index is 0.220. The Morgan fingerprint density at radius 3 is 1.39 bits per heavy atom. The highest BCUT2D eigenvalue weighted by molar-refractivity contribution is 5.63. The minimum absolute atomic E-state index is 0.220. The average molecular weight is 242 g/mol. The van der Waals surface area contributed by atoms with Gasteiger partial charge in [0.2, 0.25) is 11.9 Å². The highest BCUT2D eigenvalue weighted by Crippen LogP contribution is 2.20. The van der Waals surface area contributed by atoms with Crippen LogP contribution in [0.1, 0.15) is 0 Å². The lowest BCUT2D eigenvalue weighted by Crippen LogP contribution is -1.86. The van der Waals surface area contributed by atoms with Crippen molar-refractivity contribution in [3.8, 4) is 22.8 Å². The highest BCUT2D eigenvalue weighted by Gasteiger charge is 2.06. The van der Waals surface area contributed by atoms with Crippen LogP contribution in [0.15, 0.2) is 24.3 Å². The van der Waals surface area contributed by atoms with Crippen molar-refractivity contribution >= 4 is 11.9 Å². The third kappa shape index (κ3) is 1.75. The number of benzene rings is 1. The van der Waals surface area contributed by atoms with Crippen LogP contribution < -0.4 is 11.5 Å². The number of anilines is 2. The van der Waals surface area contributed by atoms with Crippen LogP contribution in [0.25, 0.3) is 22.8 Å². The van der Waals surface area contributed by atoms with Crippen LogP contribution in [0.4, 0.5) is 11.9 Å². The summed E-state index contributed by atoms with van der Waals surface area (Å²) in [5.41, 5.74) is 12.7. The number of nitrogen functional groups attached to an aromatic ring is 2. The van der Waals surface area contributed by atoms with Crippen LogP contribution in [0.5, 0.6) is 0 Å². The molecular weight excluding hydrogens is 232 g/mol. The van der Waals surface area contributed by atoms with Crippen molar-refractivity contribution in [2.45, 2.75) is 0 Å². The third-order valence-corrected chi connectivity index (χ3v) is 2.44. The highest BCUT2D eigenvalue weighted by atomic mass is 15.3. The number of aromatic amines is 2. The fourth-order valence-corrected chi connectivity index (χ4v) is 1.59. The maximum absolute atomic E-state index is 5.45. The molecule has 2 heterocycles. The molecule has 0 atom stereocenters. The first-order valence-electron chi connectivity index (χ1n) is 5.19. The largest absolute Gasteiger partial charge is 0.366 e. The first kappa shape index (κ1) is 10.3. The number of aromatic nitrogens is 6. The summed E-state index contributed by atoms with van der Waals surface area (Å²) in [6.45, 7) is 0. The standard InChI is InChI=1S/C10H10N8/c11-9-13-7(15-17-9)5-1-2-6(4-3-5)8-14-10(12)18-16-8/h1-4H,(H3,11,13,15,17)(H3,12,14,16,18). The van der Waals surface area contributed by atoms with Crippen molar-refractivity contribution in [2.24, 2.45) is 0 Å². The molecule has 1 aromatic carbocycles. The van der Waals surface area contributed by atoms with Gasteiger partial charge in [-0.05, 0) is 0 Å². The van der Waals surface area contributed by atoms with Crippen molar-refractivity contribution < 1.29 is 0 Å². The van der Waals surface area contributed by atoms with E-state index in [1.807, 2.05) is 24.3 Å². The number of nitrogens with zero attached hydrogens (tertiary/aromatic N) is 4. The molecule has 3 rings (SSSR count). The number of hydrogen-bond acceptors (Lipinski definition) is 6. The average Bonchev–Trinajstić information content (AvgIpc) is 2.98. The summed E-state index contributed by atoms with van der Waals surface area (Å²) in [5, 5.41) is 13.0. The third-order valence-electron chi connectivity index (χ3n) is 2.44. The van der Waals surface area contributed by atoms with E-state index in [0.717, 1.165) is 11.1 Å². The molecule has 0 amide bonds. The molecule has 90 valence electrons. The fourth-order valence-electron chi connectivity index (χ4n) is 1.59. The Kier molecular flexibility index (Phi) is 2.19. The fraction of sp³-hybridized carbons (Fsp3) is 0.